The fourth-order valence-electron chi connectivity index (χ4n) is 2.79. The van der Waals surface area contributed by atoms with Crippen molar-refractivity contribution in [2.45, 2.75) is 51.1 Å². The van der Waals surface area contributed by atoms with Gasteiger partial charge in [-0.1, -0.05) is 31.5 Å². The Hall–Kier alpha value is -0.930. The molecule has 1 N–H and O–H groups in total. The van der Waals surface area contributed by atoms with Gasteiger partial charge in [-0.05, 0) is 51.9 Å². The summed E-state index contributed by atoms with van der Waals surface area (Å²) in [5.41, 5.74) is 0.808. The molecule has 1 atom stereocenters. The lowest BCUT2D eigenvalue weighted by Crippen LogP contribution is -2.39. The average molecular weight is 278 g/mol. The largest absolute Gasteiger partial charge is 0.310 e. The minimum atomic E-state index is -0.0904. The Kier molecular flexibility index (Phi) is 5.99. The molecule has 1 saturated carbocycles. The highest BCUT2D eigenvalue weighted by Crippen LogP contribution is 2.25. The van der Waals surface area contributed by atoms with E-state index in [0.29, 0.717) is 0 Å². The second-order valence-corrected chi connectivity index (χ2v) is 5.88. The first-order valence-corrected chi connectivity index (χ1v) is 7.90. The first-order valence-electron chi connectivity index (χ1n) is 7.90. The van der Waals surface area contributed by atoms with Gasteiger partial charge in [-0.15, -0.1) is 0 Å². The van der Waals surface area contributed by atoms with Crippen molar-refractivity contribution in [1.29, 1.82) is 0 Å². The second kappa shape index (κ2) is 7.75. The van der Waals surface area contributed by atoms with Crippen LogP contribution >= 0.6 is 0 Å². The van der Waals surface area contributed by atoms with E-state index in [2.05, 4.69) is 24.2 Å². The summed E-state index contributed by atoms with van der Waals surface area (Å²) in [4.78, 5) is 2.44. The number of halogens is 1. The van der Waals surface area contributed by atoms with Gasteiger partial charge in [-0.25, -0.2) is 4.39 Å². The standard InChI is InChI=1S/C17H27FN2/c1-3-12-19-17(15-9-4-5-10-16(15)18)11-13-20(2)14-7-6-8-14/h4-5,9-10,14,17,19H,3,6-8,11-13H2,1-2H3. The van der Waals surface area contributed by atoms with Gasteiger partial charge in [0.05, 0.1) is 0 Å². The van der Waals surface area contributed by atoms with Crippen LogP contribution in [0.4, 0.5) is 4.39 Å². The summed E-state index contributed by atoms with van der Waals surface area (Å²) in [6, 6.07) is 8.03. The Morgan fingerprint density at radius 2 is 2.10 bits per heavy atom. The molecule has 1 aliphatic carbocycles. The maximum Gasteiger partial charge on any atom is 0.127 e. The van der Waals surface area contributed by atoms with Crippen LogP contribution in [0.15, 0.2) is 24.3 Å². The highest BCUT2D eigenvalue weighted by Gasteiger charge is 2.23. The molecule has 1 aromatic rings. The number of rotatable bonds is 8. The van der Waals surface area contributed by atoms with Crippen LogP contribution in [0.25, 0.3) is 0 Å². The Morgan fingerprint density at radius 3 is 2.70 bits per heavy atom. The van der Waals surface area contributed by atoms with Crippen molar-refractivity contribution in [3.05, 3.63) is 35.6 Å². The van der Waals surface area contributed by atoms with Crippen molar-refractivity contribution in [2.24, 2.45) is 0 Å². The van der Waals surface area contributed by atoms with Crippen LogP contribution in [0.3, 0.4) is 0 Å². The van der Waals surface area contributed by atoms with Gasteiger partial charge in [0, 0.05) is 17.6 Å². The van der Waals surface area contributed by atoms with E-state index in [4.69, 9.17) is 0 Å². The molecule has 0 aliphatic heterocycles. The molecule has 0 spiro atoms. The minimum absolute atomic E-state index is 0.0904. The van der Waals surface area contributed by atoms with Crippen LogP contribution < -0.4 is 5.32 Å². The molecule has 1 aromatic carbocycles. The quantitative estimate of drug-likeness (QED) is 0.779. The Balaban J connectivity index is 1.94. The highest BCUT2D eigenvalue weighted by molar-refractivity contribution is 5.21. The third-order valence-corrected chi connectivity index (χ3v) is 4.39. The molecular weight excluding hydrogens is 251 g/mol. The summed E-state index contributed by atoms with van der Waals surface area (Å²) in [6.07, 6.45) is 6.05. The minimum Gasteiger partial charge on any atom is -0.310 e. The van der Waals surface area contributed by atoms with Crippen molar-refractivity contribution >= 4 is 0 Å². The second-order valence-electron chi connectivity index (χ2n) is 5.88. The summed E-state index contributed by atoms with van der Waals surface area (Å²) in [5, 5.41) is 3.49. The summed E-state index contributed by atoms with van der Waals surface area (Å²) >= 11 is 0. The van der Waals surface area contributed by atoms with Crippen molar-refractivity contribution in [1.82, 2.24) is 10.2 Å². The van der Waals surface area contributed by atoms with Crippen molar-refractivity contribution < 1.29 is 4.39 Å². The Bertz CT molecular complexity index is 404. The predicted octanol–water partition coefficient (Wildman–Crippen LogP) is 3.74. The van der Waals surface area contributed by atoms with Gasteiger partial charge in [0.15, 0.2) is 0 Å². The van der Waals surface area contributed by atoms with E-state index in [1.165, 1.54) is 19.3 Å². The molecule has 0 bridgehead atoms. The molecule has 3 heteroatoms. The molecule has 1 unspecified atom stereocenters. The van der Waals surface area contributed by atoms with E-state index in [1.54, 1.807) is 12.1 Å². The fourth-order valence-corrected chi connectivity index (χ4v) is 2.79. The zero-order valence-corrected chi connectivity index (χ0v) is 12.7. The smallest absolute Gasteiger partial charge is 0.127 e. The maximum atomic E-state index is 14.0. The van der Waals surface area contributed by atoms with Crippen LogP contribution in [0.1, 0.15) is 50.6 Å². The molecular formula is C17H27FN2. The van der Waals surface area contributed by atoms with Crippen LogP contribution in [0.5, 0.6) is 0 Å². The van der Waals surface area contributed by atoms with Crippen LogP contribution in [-0.2, 0) is 0 Å². The summed E-state index contributed by atoms with van der Waals surface area (Å²) < 4.78 is 14.0. The van der Waals surface area contributed by atoms with Gasteiger partial charge in [0.25, 0.3) is 0 Å². The average Bonchev–Trinajstić information content (AvgIpc) is 2.38. The number of nitrogens with zero attached hydrogens (tertiary/aromatic N) is 1. The molecule has 0 heterocycles. The van der Waals surface area contributed by atoms with Crippen molar-refractivity contribution in [2.75, 3.05) is 20.1 Å². The number of nitrogens with one attached hydrogen (secondary N) is 1. The lowest BCUT2D eigenvalue weighted by atomic mass is 9.91. The van der Waals surface area contributed by atoms with Crippen molar-refractivity contribution in [3.63, 3.8) is 0 Å². The third kappa shape index (κ3) is 4.03. The zero-order valence-electron chi connectivity index (χ0n) is 12.7. The van der Waals surface area contributed by atoms with E-state index in [9.17, 15) is 4.39 Å². The summed E-state index contributed by atoms with van der Waals surface area (Å²) in [5.74, 6) is -0.0904. The van der Waals surface area contributed by atoms with Crippen LogP contribution in [0, 0.1) is 5.82 Å². The van der Waals surface area contributed by atoms with E-state index < -0.39 is 0 Å². The third-order valence-electron chi connectivity index (χ3n) is 4.39. The Labute approximate surface area is 122 Å². The lowest BCUT2D eigenvalue weighted by molar-refractivity contribution is 0.153. The SMILES string of the molecule is CCCNC(CCN(C)C1CCC1)c1ccccc1F. The zero-order chi connectivity index (χ0) is 14.4. The van der Waals surface area contributed by atoms with Crippen LogP contribution in [0.2, 0.25) is 0 Å². The number of benzene rings is 1. The van der Waals surface area contributed by atoms with Gasteiger partial charge in [-0.3, -0.25) is 0 Å². The summed E-state index contributed by atoms with van der Waals surface area (Å²) in [6.45, 7) is 4.11. The van der Waals surface area contributed by atoms with Crippen LogP contribution in [-0.4, -0.2) is 31.1 Å². The van der Waals surface area contributed by atoms with E-state index in [0.717, 1.165) is 37.5 Å². The van der Waals surface area contributed by atoms with Crippen molar-refractivity contribution in [3.8, 4) is 0 Å². The molecule has 0 amide bonds. The maximum absolute atomic E-state index is 14.0. The topological polar surface area (TPSA) is 15.3 Å². The molecule has 2 rings (SSSR count). The highest BCUT2D eigenvalue weighted by atomic mass is 19.1. The van der Waals surface area contributed by atoms with Gasteiger partial charge in [0.2, 0.25) is 0 Å². The molecule has 1 aliphatic rings. The molecule has 2 nitrogen and oxygen atoms in total. The van der Waals surface area contributed by atoms with Gasteiger partial charge in [-0.2, -0.15) is 0 Å². The van der Waals surface area contributed by atoms with E-state index in [1.807, 2.05) is 12.1 Å². The lowest BCUT2D eigenvalue weighted by Gasteiger charge is -2.35. The normalized spacial score (nSPS) is 17.2. The van der Waals surface area contributed by atoms with Gasteiger partial charge in [0.1, 0.15) is 5.82 Å². The molecule has 112 valence electrons. The molecule has 0 aromatic heterocycles. The van der Waals surface area contributed by atoms with E-state index in [-0.39, 0.29) is 11.9 Å². The molecule has 20 heavy (non-hydrogen) atoms. The number of hydrogen-bond donors (Lipinski definition) is 1. The fraction of sp³-hybridized carbons (Fsp3) is 0.647. The monoisotopic (exact) mass is 278 g/mol. The molecule has 0 radical (unpaired) electrons. The Morgan fingerprint density at radius 1 is 1.35 bits per heavy atom. The van der Waals surface area contributed by atoms with E-state index >= 15 is 0 Å². The van der Waals surface area contributed by atoms with Gasteiger partial charge >= 0.3 is 0 Å². The molecule has 0 saturated heterocycles. The first kappa shape index (κ1) is 15.5. The molecule has 1 fully saturated rings. The van der Waals surface area contributed by atoms with Gasteiger partial charge < -0.3 is 10.2 Å². The summed E-state index contributed by atoms with van der Waals surface area (Å²) in [7, 11) is 2.20. The first-order chi connectivity index (χ1) is 9.72. The predicted molar refractivity (Wildman–Crippen MR) is 82.3 cm³/mol. The number of hydrogen-bond acceptors (Lipinski definition) is 2.